The molecule has 0 saturated carbocycles. The zero-order chi connectivity index (χ0) is 22.1. The zero-order valence-electron chi connectivity index (χ0n) is 17.1. The molecule has 1 N–H and O–H groups in total. The van der Waals surface area contributed by atoms with Crippen LogP contribution in [0.5, 0.6) is 0 Å². The van der Waals surface area contributed by atoms with E-state index in [0.717, 1.165) is 6.07 Å². The fourth-order valence-corrected chi connectivity index (χ4v) is 4.29. The molecule has 9 heteroatoms. The number of aliphatic hydroxyl groups excluding tert-OH is 1. The second kappa shape index (κ2) is 8.83. The molecule has 2 aliphatic heterocycles. The number of hydrogen-bond donors (Lipinski definition) is 1. The number of halogens is 3. The maximum Gasteiger partial charge on any atom is 0.416 e. The van der Waals surface area contributed by atoms with Crippen LogP contribution in [-0.4, -0.2) is 66.3 Å². The van der Waals surface area contributed by atoms with Gasteiger partial charge in [0, 0.05) is 32.1 Å². The molecule has 2 fully saturated rings. The summed E-state index contributed by atoms with van der Waals surface area (Å²) in [6.07, 6.45) is -3.62. The number of aliphatic hydroxyl groups is 1. The van der Waals surface area contributed by atoms with Gasteiger partial charge in [-0.1, -0.05) is 12.1 Å². The van der Waals surface area contributed by atoms with E-state index in [0.29, 0.717) is 37.9 Å². The molecule has 0 spiro atoms. The van der Waals surface area contributed by atoms with Crippen LogP contribution in [0.2, 0.25) is 0 Å². The van der Waals surface area contributed by atoms with Crippen LogP contribution < -0.4 is 0 Å². The molecule has 166 valence electrons. The number of likely N-dealkylation sites (tertiary alicyclic amines) is 2. The summed E-state index contributed by atoms with van der Waals surface area (Å²) in [6, 6.07) is 3.93. The lowest BCUT2D eigenvalue weighted by Crippen LogP contribution is -2.52. The van der Waals surface area contributed by atoms with Gasteiger partial charge >= 0.3 is 18.2 Å². The first-order valence-electron chi connectivity index (χ1n) is 10.1. The summed E-state index contributed by atoms with van der Waals surface area (Å²) in [6.45, 7) is 2.62. The van der Waals surface area contributed by atoms with Gasteiger partial charge in [0.25, 0.3) is 0 Å². The smallest absolute Gasteiger partial charge is 0.416 e. The number of ether oxygens (including phenoxy) is 1. The molecule has 30 heavy (non-hydrogen) atoms. The van der Waals surface area contributed by atoms with Crippen molar-refractivity contribution in [1.82, 2.24) is 9.80 Å². The average molecular weight is 428 g/mol. The van der Waals surface area contributed by atoms with Crippen LogP contribution in [0.1, 0.15) is 41.9 Å². The number of esters is 1. The second-order valence-electron chi connectivity index (χ2n) is 8.13. The van der Waals surface area contributed by atoms with E-state index in [4.69, 9.17) is 4.74 Å². The minimum absolute atomic E-state index is 0.131. The van der Waals surface area contributed by atoms with Gasteiger partial charge in [-0.2, -0.15) is 13.2 Å². The minimum Gasteiger partial charge on any atom is -0.469 e. The molecular weight excluding hydrogens is 401 g/mol. The van der Waals surface area contributed by atoms with E-state index in [2.05, 4.69) is 0 Å². The van der Waals surface area contributed by atoms with Gasteiger partial charge in [-0.15, -0.1) is 0 Å². The molecule has 6 nitrogen and oxygen atoms in total. The number of nitrogens with zero attached hydrogens (tertiary/aromatic N) is 2. The Labute approximate surface area is 173 Å². The molecule has 2 saturated heterocycles. The Morgan fingerprint density at radius 3 is 2.40 bits per heavy atom. The Morgan fingerprint density at radius 2 is 1.80 bits per heavy atom. The van der Waals surface area contributed by atoms with Crippen molar-refractivity contribution < 1.29 is 32.6 Å². The van der Waals surface area contributed by atoms with Gasteiger partial charge in [0.05, 0.1) is 24.7 Å². The van der Waals surface area contributed by atoms with E-state index >= 15 is 0 Å². The number of benzene rings is 1. The predicted molar refractivity (Wildman–Crippen MR) is 103 cm³/mol. The number of urea groups is 1. The summed E-state index contributed by atoms with van der Waals surface area (Å²) in [5.41, 5.74) is -0.122. The van der Waals surface area contributed by atoms with Crippen molar-refractivity contribution in [1.29, 1.82) is 0 Å². The Morgan fingerprint density at radius 1 is 1.13 bits per heavy atom. The predicted octanol–water partition coefficient (Wildman–Crippen LogP) is 3.17. The van der Waals surface area contributed by atoms with Crippen molar-refractivity contribution in [3.63, 3.8) is 0 Å². The standard InChI is InChI=1S/C21H27F3N2O4/c1-13-3-4-14(10-18(13)21(22,23)24)15-9-16(19(28)30-2)12-26(11-15)20(29)25-7-5-17(27)6-8-25/h3-4,10,15-17,27H,5-9,11-12H2,1-2H3. The highest BCUT2D eigenvalue weighted by molar-refractivity contribution is 5.78. The summed E-state index contributed by atoms with van der Waals surface area (Å²) >= 11 is 0. The number of aryl methyl sites for hydroxylation is 1. The first-order chi connectivity index (χ1) is 14.1. The van der Waals surface area contributed by atoms with E-state index in [1.54, 1.807) is 11.0 Å². The first-order valence-corrected chi connectivity index (χ1v) is 10.1. The lowest BCUT2D eigenvalue weighted by Gasteiger charge is -2.41. The van der Waals surface area contributed by atoms with Gasteiger partial charge in [0.2, 0.25) is 0 Å². The van der Waals surface area contributed by atoms with Crippen LogP contribution >= 0.6 is 0 Å². The van der Waals surface area contributed by atoms with Crippen molar-refractivity contribution in [2.75, 3.05) is 33.3 Å². The fraction of sp³-hybridized carbons (Fsp3) is 0.619. The fourth-order valence-electron chi connectivity index (χ4n) is 4.29. The third-order valence-corrected chi connectivity index (χ3v) is 6.03. The van der Waals surface area contributed by atoms with Crippen molar-refractivity contribution in [2.45, 2.75) is 44.4 Å². The molecule has 1 aromatic rings. The highest BCUT2D eigenvalue weighted by Crippen LogP contribution is 2.37. The number of rotatable bonds is 2. The minimum atomic E-state index is -4.47. The summed E-state index contributed by atoms with van der Waals surface area (Å²) in [5.74, 6) is -1.50. The van der Waals surface area contributed by atoms with Crippen LogP contribution in [0, 0.1) is 12.8 Å². The first kappa shape index (κ1) is 22.4. The maximum absolute atomic E-state index is 13.4. The largest absolute Gasteiger partial charge is 0.469 e. The summed E-state index contributed by atoms with van der Waals surface area (Å²) in [5, 5.41) is 9.67. The van der Waals surface area contributed by atoms with Gasteiger partial charge in [-0.25, -0.2) is 4.79 Å². The summed E-state index contributed by atoms with van der Waals surface area (Å²) in [7, 11) is 1.26. The van der Waals surface area contributed by atoms with Crippen LogP contribution in [0.15, 0.2) is 18.2 Å². The summed E-state index contributed by atoms with van der Waals surface area (Å²) in [4.78, 5) is 28.4. The van der Waals surface area contributed by atoms with Crippen LogP contribution in [0.3, 0.4) is 0 Å². The van der Waals surface area contributed by atoms with Crippen molar-refractivity contribution in [3.05, 3.63) is 34.9 Å². The molecule has 2 amide bonds. The maximum atomic E-state index is 13.4. The van der Waals surface area contributed by atoms with E-state index < -0.39 is 35.6 Å². The Bertz CT molecular complexity index is 791. The van der Waals surface area contributed by atoms with E-state index in [9.17, 15) is 27.9 Å². The molecular formula is C21H27F3N2O4. The monoisotopic (exact) mass is 428 g/mol. The van der Waals surface area contributed by atoms with Crippen LogP contribution in [0.25, 0.3) is 0 Å². The average Bonchev–Trinajstić information content (AvgIpc) is 2.72. The molecule has 3 rings (SSSR count). The van der Waals surface area contributed by atoms with Gasteiger partial charge in [-0.3, -0.25) is 4.79 Å². The molecule has 2 unspecified atom stereocenters. The number of carbonyl (C=O) groups is 2. The highest BCUT2D eigenvalue weighted by atomic mass is 19.4. The quantitative estimate of drug-likeness (QED) is 0.735. The molecule has 2 heterocycles. The van der Waals surface area contributed by atoms with Crippen molar-refractivity contribution in [2.24, 2.45) is 5.92 Å². The molecule has 0 aliphatic carbocycles. The van der Waals surface area contributed by atoms with E-state index in [1.807, 2.05) is 0 Å². The van der Waals surface area contributed by atoms with Gasteiger partial charge < -0.3 is 19.6 Å². The van der Waals surface area contributed by atoms with Crippen molar-refractivity contribution >= 4 is 12.0 Å². The lowest BCUT2D eigenvalue weighted by atomic mass is 9.83. The zero-order valence-corrected chi connectivity index (χ0v) is 17.1. The number of carbonyl (C=O) groups excluding carboxylic acids is 2. The molecule has 0 radical (unpaired) electrons. The lowest BCUT2D eigenvalue weighted by molar-refractivity contribution is -0.147. The highest BCUT2D eigenvalue weighted by Gasteiger charge is 2.38. The summed E-state index contributed by atoms with van der Waals surface area (Å²) < 4.78 is 45.0. The number of piperidine rings is 2. The molecule has 0 bridgehead atoms. The Hall–Kier alpha value is -2.29. The van der Waals surface area contributed by atoms with Crippen molar-refractivity contribution in [3.8, 4) is 0 Å². The molecule has 0 aromatic heterocycles. The number of hydrogen-bond acceptors (Lipinski definition) is 4. The number of alkyl halides is 3. The van der Waals surface area contributed by atoms with Gasteiger partial charge in [0.15, 0.2) is 0 Å². The second-order valence-corrected chi connectivity index (χ2v) is 8.13. The van der Waals surface area contributed by atoms with Gasteiger partial charge in [-0.05, 0) is 43.4 Å². The molecule has 1 aromatic carbocycles. The van der Waals surface area contributed by atoms with E-state index in [1.165, 1.54) is 25.0 Å². The third kappa shape index (κ3) is 4.88. The number of methoxy groups -OCH3 is 1. The topological polar surface area (TPSA) is 70.1 Å². The number of amides is 2. The van der Waals surface area contributed by atoms with Gasteiger partial charge in [0.1, 0.15) is 0 Å². The third-order valence-electron chi connectivity index (χ3n) is 6.03. The molecule has 2 atom stereocenters. The Balaban J connectivity index is 1.85. The molecule has 2 aliphatic rings. The van der Waals surface area contributed by atoms with Crippen LogP contribution in [-0.2, 0) is 15.7 Å². The SMILES string of the molecule is COC(=O)C1CC(c2ccc(C)c(C(F)(F)F)c2)CN(C(=O)N2CCC(O)CC2)C1. The van der Waals surface area contributed by atoms with E-state index in [-0.39, 0.29) is 24.7 Å². The van der Waals surface area contributed by atoms with Crippen LogP contribution in [0.4, 0.5) is 18.0 Å². The normalized spacial score (nSPS) is 23.4. The Kier molecular flexibility index (Phi) is 6.59.